The Labute approximate surface area is 158 Å². The molecular weight excluding hydrogens is 377 g/mol. The summed E-state index contributed by atoms with van der Waals surface area (Å²) < 4.78 is 37.9. The van der Waals surface area contributed by atoms with E-state index in [1.807, 2.05) is 30.3 Å². The van der Waals surface area contributed by atoms with Crippen molar-refractivity contribution in [2.24, 2.45) is 0 Å². The first-order valence-corrected chi connectivity index (χ1v) is 8.31. The summed E-state index contributed by atoms with van der Waals surface area (Å²) in [5.41, 5.74) is 1.04. The largest absolute Gasteiger partial charge is 0.416 e. The maximum absolute atomic E-state index is 12.6. The molecule has 138 valence electrons. The number of carbonyl (C=O) groups is 1. The normalized spacial score (nSPS) is 11.1. The van der Waals surface area contributed by atoms with Crippen LogP contribution in [0.2, 0.25) is 5.02 Å². The maximum Gasteiger partial charge on any atom is 0.416 e. The first kappa shape index (κ1) is 18.8. The second-order valence-corrected chi connectivity index (χ2v) is 6.15. The molecule has 0 radical (unpaired) electrons. The smallest absolute Gasteiger partial charge is 0.355 e. The van der Waals surface area contributed by atoms with Crippen LogP contribution < -0.4 is 10.6 Å². The zero-order chi connectivity index (χ0) is 19.4. The second-order valence-electron chi connectivity index (χ2n) is 5.71. The summed E-state index contributed by atoms with van der Waals surface area (Å²) in [6.07, 6.45) is -4.43. The van der Waals surface area contributed by atoms with Crippen LogP contribution in [0.5, 0.6) is 0 Å². The SMILES string of the molecule is O=C(Nc1ccc(C(F)(F)F)cc1)c1cc(Cl)ccc1Nc1ccccc1. The molecule has 0 aromatic heterocycles. The molecule has 0 atom stereocenters. The molecule has 3 aromatic carbocycles. The van der Waals surface area contributed by atoms with E-state index >= 15 is 0 Å². The molecule has 0 aliphatic carbocycles. The Kier molecular flexibility index (Phi) is 5.37. The van der Waals surface area contributed by atoms with Gasteiger partial charge in [-0.25, -0.2) is 0 Å². The van der Waals surface area contributed by atoms with E-state index in [2.05, 4.69) is 10.6 Å². The molecule has 3 aromatic rings. The first-order valence-electron chi connectivity index (χ1n) is 7.93. The van der Waals surface area contributed by atoms with Gasteiger partial charge in [-0.1, -0.05) is 29.8 Å². The van der Waals surface area contributed by atoms with Crippen molar-refractivity contribution < 1.29 is 18.0 Å². The highest BCUT2D eigenvalue weighted by Crippen LogP contribution is 2.30. The number of nitrogens with one attached hydrogen (secondary N) is 2. The Bertz CT molecular complexity index is 942. The minimum absolute atomic E-state index is 0.249. The lowest BCUT2D eigenvalue weighted by Gasteiger charge is -2.13. The quantitative estimate of drug-likeness (QED) is 0.544. The van der Waals surface area contributed by atoms with Crippen molar-refractivity contribution in [3.8, 4) is 0 Å². The van der Waals surface area contributed by atoms with Gasteiger partial charge in [0.05, 0.1) is 16.8 Å². The molecule has 2 N–H and O–H groups in total. The van der Waals surface area contributed by atoms with Crippen LogP contribution in [0.3, 0.4) is 0 Å². The third-order valence-electron chi connectivity index (χ3n) is 3.75. The first-order chi connectivity index (χ1) is 12.8. The average Bonchev–Trinajstić information content (AvgIpc) is 2.64. The van der Waals surface area contributed by atoms with Crippen LogP contribution >= 0.6 is 11.6 Å². The van der Waals surface area contributed by atoms with Gasteiger partial charge in [0.2, 0.25) is 0 Å². The monoisotopic (exact) mass is 390 g/mol. The summed E-state index contributed by atoms with van der Waals surface area (Å²) in [7, 11) is 0. The molecule has 3 rings (SSSR count). The fourth-order valence-corrected chi connectivity index (χ4v) is 2.60. The van der Waals surface area contributed by atoms with Gasteiger partial charge in [0.1, 0.15) is 0 Å². The third-order valence-corrected chi connectivity index (χ3v) is 3.98. The fourth-order valence-electron chi connectivity index (χ4n) is 2.43. The number of amides is 1. The molecule has 0 saturated heterocycles. The highest BCUT2D eigenvalue weighted by molar-refractivity contribution is 6.31. The van der Waals surface area contributed by atoms with E-state index in [1.165, 1.54) is 18.2 Å². The molecule has 27 heavy (non-hydrogen) atoms. The van der Waals surface area contributed by atoms with Gasteiger partial charge in [0, 0.05) is 16.4 Å². The molecule has 0 unspecified atom stereocenters. The molecule has 0 saturated carbocycles. The van der Waals surface area contributed by atoms with Gasteiger partial charge in [-0.05, 0) is 54.6 Å². The molecule has 0 aliphatic heterocycles. The summed E-state index contributed by atoms with van der Waals surface area (Å²) in [6, 6.07) is 18.3. The number of para-hydroxylation sites is 1. The Morgan fingerprint density at radius 3 is 2.15 bits per heavy atom. The van der Waals surface area contributed by atoms with Crippen LogP contribution in [0.4, 0.5) is 30.2 Å². The van der Waals surface area contributed by atoms with Gasteiger partial charge in [-0.2, -0.15) is 13.2 Å². The Balaban J connectivity index is 1.83. The van der Waals surface area contributed by atoms with Crippen LogP contribution in [0.25, 0.3) is 0 Å². The van der Waals surface area contributed by atoms with Crippen LogP contribution in [0, 0.1) is 0 Å². The molecule has 0 heterocycles. The van der Waals surface area contributed by atoms with Crippen molar-refractivity contribution in [1.82, 2.24) is 0 Å². The highest BCUT2D eigenvalue weighted by Gasteiger charge is 2.30. The number of alkyl halides is 3. The van der Waals surface area contributed by atoms with E-state index in [-0.39, 0.29) is 11.3 Å². The van der Waals surface area contributed by atoms with Crippen molar-refractivity contribution >= 4 is 34.6 Å². The molecule has 0 aliphatic rings. The minimum atomic E-state index is -4.43. The van der Waals surface area contributed by atoms with Crippen LogP contribution in [0.15, 0.2) is 72.8 Å². The number of benzene rings is 3. The summed E-state index contributed by atoms with van der Waals surface area (Å²) in [5, 5.41) is 6.08. The molecule has 0 fully saturated rings. The Morgan fingerprint density at radius 1 is 0.852 bits per heavy atom. The van der Waals surface area contributed by atoms with E-state index in [4.69, 9.17) is 11.6 Å². The summed E-state index contributed by atoms with van der Waals surface area (Å²) in [5.74, 6) is -0.490. The number of anilines is 3. The van der Waals surface area contributed by atoms with Crippen molar-refractivity contribution in [2.75, 3.05) is 10.6 Å². The zero-order valence-corrected chi connectivity index (χ0v) is 14.6. The van der Waals surface area contributed by atoms with Gasteiger partial charge >= 0.3 is 6.18 Å². The molecule has 1 amide bonds. The summed E-state index contributed by atoms with van der Waals surface area (Å²) in [4.78, 5) is 12.6. The number of halogens is 4. The van der Waals surface area contributed by atoms with Crippen molar-refractivity contribution in [1.29, 1.82) is 0 Å². The number of hydrogen-bond donors (Lipinski definition) is 2. The highest BCUT2D eigenvalue weighted by atomic mass is 35.5. The summed E-state index contributed by atoms with van der Waals surface area (Å²) in [6.45, 7) is 0. The van der Waals surface area contributed by atoms with Crippen LogP contribution in [-0.4, -0.2) is 5.91 Å². The fraction of sp³-hybridized carbons (Fsp3) is 0.0500. The van der Waals surface area contributed by atoms with Gasteiger partial charge in [-0.15, -0.1) is 0 Å². The lowest BCUT2D eigenvalue weighted by atomic mass is 10.1. The third kappa shape index (κ3) is 4.80. The van der Waals surface area contributed by atoms with Crippen molar-refractivity contribution in [3.05, 3.63) is 88.9 Å². The molecular formula is C20H14ClF3N2O. The lowest BCUT2D eigenvalue weighted by Crippen LogP contribution is -2.14. The van der Waals surface area contributed by atoms with Crippen molar-refractivity contribution in [3.63, 3.8) is 0 Å². The van der Waals surface area contributed by atoms with E-state index in [0.29, 0.717) is 10.7 Å². The van der Waals surface area contributed by atoms with E-state index in [1.54, 1.807) is 12.1 Å². The van der Waals surface area contributed by atoms with Gasteiger partial charge < -0.3 is 10.6 Å². The number of hydrogen-bond acceptors (Lipinski definition) is 2. The van der Waals surface area contributed by atoms with Crippen LogP contribution in [-0.2, 0) is 6.18 Å². The van der Waals surface area contributed by atoms with E-state index < -0.39 is 17.6 Å². The van der Waals surface area contributed by atoms with Crippen LogP contribution in [0.1, 0.15) is 15.9 Å². The molecule has 0 spiro atoms. The van der Waals surface area contributed by atoms with Gasteiger partial charge in [0.15, 0.2) is 0 Å². The minimum Gasteiger partial charge on any atom is -0.355 e. The topological polar surface area (TPSA) is 41.1 Å². The molecule has 7 heteroatoms. The standard InChI is InChI=1S/C20H14ClF3N2O/c21-14-8-11-18(25-15-4-2-1-3-5-15)17(12-14)19(27)26-16-9-6-13(7-10-16)20(22,23)24/h1-12,25H,(H,26,27). The average molecular weight is 391 g/mol. The Morgan fingerprint density at radius 2 is 1.52 bits per heavy atom. The predicted molar refractivity (Wildman–Crippen MR) is 101 cm³/mol. The van der Waals surface area contributed by atoms with E-state index in [0.717, 1.165) is 17.8 Å². The number of carbonyl (C=O) groups excluding carboxylic acids is 1. The van der Waals surface area contributed by atoms with Gasteiger partial charge in [-0.3, -0.25) is 4.79 Å². The predicted octanol–water partition coefficient (Wildman–Crippen LogP) is 6.35. The zero-order valence-electron chi connectivity index (χ0n) is 13.8. The lowest BCUT2D eigenvalue weighted by molar-refractivity contribution is -0.137. The summed E-state index contributed by atoms with van der Waals surface area (Å²) >= 11 is 6.01. The Hall–Kier alpha value is -2.99. The number of rotatable bonds is 4. The van der Waals surface area contributed by atoms with Gasteiger partial charge in [0.25, 0.3) is 5.91 Å². The molecule has 0 bridgehead atoms. The second kappa shape index (κ2) is 7.72. The van der Waals surface area contributed by atoms with Crippen molar-refractivity contribution in [2.45, 2.75) is 6.18 Å². The maximum atomic E-state index is 12.6. The van der Waals surface area contributed by atoms with E-state index in [9.17, 15) is 18.0 Å². The molecule has 3 nitrogen and oxygen atoms in total.